The minimum absolute atomic E-state index is 0.00213. The van der Waals surface area contributed by atoms with E-state index in [0.29, 0.717) is 17.0 Å². The summed E-state index contributed by atoms with van der Waals surface area (Å²) in [4.78, 5) is 27.5. The maximum atomic E-state index is 12.8. The molecule has 2 unspecified atom stereocenters. The lowest BCUT2D eigenvalue weighted by Crippen LogP contribution is -2.52. The number of carbonyl (C=O) groups is 2. The molecule has 1 saturated heterocycles. The summed E-state index contributed by atoms with van der Waals surface area (Å²) in [7, 11) is 0. The molecule has 7 heteroatoms. The molecule has 0 bridgehead atoms. The molecule has 0 aromatic heterocycles. The molecule has 1 aliphatic rings. The van der Waals surface area contributed by atoms with Crippen molar-refractivity contribution in [1.82, 2.24) is 15.5 Å². The fraction of sp³-hybridized carbons (Fsp3) is 0.600. The van der Waals surface area contributed by atoms with Gasteiger partial charge in [-0.3, -0.25) is 14.5 Å². The highest BCUT2D eigenvalue weighted by atomic mass is 35.5. The number of hydrogen-bond donors (Lipinski definition) is 2. The summed E-state index contributed by atoms with van der Waals surface area (Å²) in [6.45, 7) is 10.0. The Morgan fingerprint density at radius 1 is 1.11 bits per heavy atom. The number of ether oxygens (including phenoxy) is 1. The summed E-state index contributed by atoms with van der Waals surface area (Å²) in [5, 5.41) is 6.48. The quantitative estimate of drug-likeness (QED) is 0.708. The maximum absolute atomic E-state index is 12.8. The minimum Gasteiger partial charge on any atom is -0.379 e. The van der Waals surface area contributed by atoms with Crippen LogP contribution in [0.15, 0.2) is 24.3 Å². The number of nitrogens with zero attached hydrogens (tertiary/aromatic N) is 1. The summed E-state index contributed by atoms with van der Waals surface area (Å²) in [6, 6.07) is 6.07. The zero-order valence-corrected chi connectivity index (χ0v) is 17.1. The Balaban J connectivity index is 1.93. The van der Waals surface area contributed by atoms with Crippen molar-refractivity contribution in [2.24, 2.45) is 5.92 Å². The van der Waals surface area contributed by atoms with E-state index in [4.69, 9.17) is 16.3 Å². The van der Waals surface area contributed by atoms with Gasteiger partial charge >= 0.3 is 0 Å². The van der Waals surface area contributed by atoms with Gasteiger partial charge in [0.2, 0.25) is 5.91 Å². The fourth-order valence-corrected chi connectivity index (χ4v) is 3.23. The molecule has 2 atom stereocenters. The van der Waals surface area contributed by atoms with E-state index in [0.717, 1.165) is 32.8 Å². The maximum Gasteiger partial charge on any atom is 0.251 e. The van der Waals surface area contributed by atoms with Gasteiger partial charge in [0.25, 0.3) is 5.91 Å². The van der Waals surface area contributed by atoms with Gasteiger partial charge in [-0.05, 0) is 43.5 Å². The van der Waals surface area contributed by atoms with Crippen molar-refractivity contribution in [2.45, 2.75) is 39.3 Å². The van der Waals surface area contributed by atoms with Crippen molar-refractivity contribution in [2.75, 3.05) is 32.8 Å². The lowest BCUT2D eigenvalue weighted by Gasteiger charge is -2.30. The Labute approximate surface area is 166 Å². The van der Waals surface area contributed by atoms with E-state index in [2.05, 4.69) is 15.5 Å². The summed E-state index contributed by atoms with van der Waals surface area (Å²) in [6.07, 6.45) is 0.579. The molecular formula is C20H30ClN3O3. The van der Waals surface area contributed by atoms with E-state index < -0.39 is 6.04 Å². The fourth-order valence-electron chi connectivity index (χ4n) is 3.11. The van der Waals surface area contributed by atoms with Crippen LogP contribution >= 0.6 is 11.6 Å². The number of benzene rings is 1. The monoisotopic (exact) mass is 395 g/mol. The van der Waals surface area contributed by atoms with Crippen LogP contribution in [0.5, 0.6) is 0 Å². The van der Waals surface area contributed by atoms with Crippen molar-refractivity contribution < 1.29 is 14.3 Å². The van der Waals surface area contributed by atoms with Gasteiger partial charge in [-0.2, -0.15) is 0 Å². The smallest absolute Gasteiger partial charge is 0.251 e. The molecule has 1 heterocycles. The molecule has 150 valence electrons. The van der Waals surface area contributed by atoms with E-state index in [1.54, 1.807) is 24.3 Å². The largest absolute Gasteiger partial charge is 0.379 e. The number of rotatable bonds is 8. The van der Waals surface area contributed by atoms with E-state index >= 15 is 0 Å². The molecule has 1 aromatic rings. The second-order valence-electron chi connectivity index (χ2n) is 7.49. The van der Waals surface area contributed by atoms with Crippen LogP contribution in [0.2, 0.25) is 5.02 Å². The first-order chi connectivity index (χ1) is 12.8. The molecule has 0 spiro atoms. The van der Waals surface area contributed by atoms with Crippen LogP contribution < -0.4 is 10.6 Å². The minimum atomic E-state index is -0.569. The average molecular weight is 396 g/mol. The van der Waals surface area contributed by atoms with Crippen molar-refractivity contribution in [3.8, 4) is 0 Å². The van der Waals surface area contributed by atoms with E-state index in [1.165, 1.54) is 0 Å². The first-order valence-electron chi connectivity index (χ1n) is 9.52. The van der Waals surface area contributed by atoms with Gasteiger partial charge in [-0.1, -0.05) is 25.4 Å². The predicted molar refractivity (Wildman–Crippen MR) is 107 cm³/mol. The third-order valence-corrected chi connectivity index (χ3v) is 4.71. The first kappa shape index (κ1) is 21.7. The molecule has 0 aliphatic carbocycles. The molecule has 0 radical (unpaired) electrons. The van der Waals surface area contributed by atoms with Crippen molar-refractivity contribution in [1.29, 1.82) is 0 Å². The highest BCUT2D eigenvalue weighted by Gasteiger charge is 2.24. The van der Waals surface area contributed by atoms with Crippen LogP contribution in [0.1, 0.15) is 37.6 Å². The van der Waals surface area contributed by atoms with Gasteiger partial charge in [-0.15, -0.1) is 0 Å². The first-order valence-corrected chi connectivity index (χ1v) is 9.90. The third kappa shape index (κ3) is 7.48. The van der Waals surface area contributed by atoms with Gasteiger partial charge < -0.3 is 15.4 Å². The van der Waals surface area contributed by atoms with Crippen LogP contribution in [0.25, 0.3) is 0 Å². The molecule has 2 rings (SSSR count). The van der Waals surface area contributed by atoms with Gasteiger partial charge in [0.05, 0.1) is 13.2 Å². The molecule has 27 heavy (non-hydrogen) atoms. The summed E-state index contributed by atoms with van der Waals surface area (Å²) in [5.41, 5.74) is 0.488. The third-order valence-electron chi connectivity index (χ3n) is 4.46. The second-order valence-corrected chi connectivity index (χ2v) is 7.92. The normalized spacial score (nSPS) is 17.4. The van der Waals surface area contributed by atoms with Crippen LogP contribution in [0.4, 0.5) is 0 Å². The van der Waals surface area contributed by atoms with Gasteiger partial charge in [-0.25, -0.2) is 0 Å². The van der Waals surface area contributed by atoms with Crippen LogP contribution in [-0.2, 0) is 9.53 Å². The molecule has 6 nitrogen and oxygen atoms in total. The van der Waals surface area contributed by atoms with Crippen molar-refractivity contribution in [3.63, 3.8) is 0 Å². The lowest BCUT2D eigenvalue weighted by atomic mass is 10.0. The summed E-state index contributed by atoms with van der Waals surface area (Å²) in [5.74, 6) is -0.138. The molecule has 1 aliphatic heterocycles. The number of morpholine rings is 1. The summed E-state index contributed by atoms with van der Waals surface area (Å²) < 4.78 is 5.35. The second kappa shape index (κ2) is 10.6. The number of carbonyl (C=O) groups excluding carboxylic acids is 2. The van der Waals surface area contributed by atoms with E-state index in [1.807, 2.05) is 20.8 Å². The molecule has 1 fully saturated rings. The van der Waals surface area contributed by atoms with E-state index in [9.17, 15) is 9.59 Å². The molecule has 0 saturated carbocycles. The molecule has 2 N–H and O–H groups in total. The highest BCUT2D eigenvalue weighted by Crippen LogP contribution is 2.11. The number of halogens is 1. The van der Waals surface area contributed by atoms with Crippen molar-refractivity contribution >= 4 is 23.4 Å². The van der Waals surface area contributed by atoms with Gasteiger partial charge in [0, 0.05) is 36.3 Å². The zero-order chi connectivity index (χ0) is 19.8. The number of hydrogen-bond acceptors (Lipinski definition) is 4. The standard InChI is InChI=1S/C20H30ClN3O3/c1-14(2)12-18(23-19(25)16-4-6-17(21)7-5-16)20(26)22-15(3)13-24-8-10-27-11-9-24/h4-7,14-15,18H,8-13H2,1-3H3,(H,22,26)(H,23,25). The Kier molecular flexibility index (Phi) is 8.54. The Hall–Kier alpha value is -1.63. The van der Waals surface area contributed by atoms with Gasteiger partial charge in [0.15, 0.2) is 0 Å². The molecule has 2 amide bonds. The van der Waals surface area contributed by atoms with Crippen LogP contribution in [0, 0.1) is 5.92 Å². The Morgan fingerprint density at radius 3 is 2.33 bits per heavy atom. The molecule has 1 aromatic carbocycles. The zero-order valence-electron chi connectivity index (χ0n) is 16.3. The Bertz CT molecular complexity index is 615. The average Bonchev–Trinajstić information content (AvgIpc) is 2.62. The highest BCUT2D eigenvalue weighted by molar-refractivity contribution is 6.30. The summed E-state index contributed by atoms with van der Waals surface area (Å²) >= 11 is 5.87. The van der Waals surface area contributed by atoms with Crippen LogP contribution in [-0.4, -0.2) is 61.6 Å². The topological polar surface area (TPSA) is 70.7 Å². The predicted octanol–water partition coefficient (Wildman–Crippen LogP) is 2.32. The SMILES string of the molecule is CC(C)CC(NC(=O)c1ccc(Cl)cc1)C(=O)NC(C)CN1CCOCC1. The van der Waals surface area contributed by atoms with Crippen LogP contribution in [0.3, 0.4) is 0 Å². The van der Waals surface area contributed by atoms with E-state index in [-0.39, 0.29) is 23.8 Å². The number of nitrogens with one attached hydrogen (secondary N) is 2. The molecular weight excluding hydrogens is 366 g/mol. The van der Waals surface area contributed by atoms with Gasteiger partial charge in [0.1, 0.15) is 6.04 Å². The van der Waals surface area contributed by atoms with Crippen molar-refractivity contribution in [3.05, 3.63) is 34.9 Å². The lowest BCUT2D eigenvalue weighted by molar-refractivity contribution is -0.124. The Morgan fingerprint density at radius 2 is 1.74 bits per heavy atom. The number of amides is 2.